The molecule has 0 aromatic heterocycles. The first-order valence-corrected chi connectivity index (χ1v) is 5.51. The topological polar surface area (TPSA) is 55.8 Å². The number of halogens is 1. The fourth-order valence-electron chi connectivity index (χ4n) is 1.61. The van der Waals surface area contributed by atoms with Gasteiger partial charge >= 0.3 is 0 Å². The highest BCUT2D eigenvalue weighted by atomic mass is 35.5. The summed E-state index contributed by atoms with van der Waals surface area (Å²) in [7, 11) is 2.93. The highest BCUT2D eigenvalue weighted by molar-refractivity contribution is 6.33. The number of hydrogen-bond acceptors (Lipinski definition) is 4. The lowest BCUT2D eigenvalue weighted by Crippen LogP contribution is -1.99. The molecule has 1 aromatic carbocycles. The van der Waals surface area contributed by atoms with Crippen molar-refractivity contribution in [1.29, 1.82) is 0 Å². The molecule has 4 nitrogen and oxygen atoms in total. The molecule has 1 rings (SSSR count). The van der Waals surface area contributed by atoms with Gasteiger partial charge in [0.25, 0.3) is 0 Å². The molecule has 0 aliphatic heterocycles. The molecule has 0 fully saturated rings. The van der Waals surface area contributed by atoms with Crippen molar-refractivity contribution >= 4 is 17.9 Å². The highest BCUT2D eigenvalue weighted by Crippen LogP contribution is 2.45. The molecular weight excluding hydrogens is 244 g/mol. The molecule has 0 aliphatic rings. The predicted octanol–water partition coefficient (Wildman–Crippen LogP) is 2.76. The van der Waals surface area contributed by atoms with E-state index in [2.05, 4.69) is 0 Å². The molecule has 0 saturated heterocycles. The number of phenolic OH excluding ortho intramolecular Hbond substituents is 1. The molecule has 0 radical (unpaired) electrons. The van der Waals surface area contributed by atoms with E-state index in [-0.39, 0.29) is 22.4 Å². The van der Waals surface area contributed by atoms with Crippen molar-refractivity contribution in [2.75, 3.05) is 14.2 Å². The number of rotatable bonds is 5. The standard InChI is InChI=1S/C12H15ClO4/c1-7(4-5-14)8-6-9(16-2)12(17-3)10(13)11(8)15/h5-7,15H,4H2,1-3H3. The molecule has 0 amide bonds. The lowest BCUT2D eigenvalue weighted by Gasteiger charge is -2.17. The van der Waals surface area contributed by atoms with Crippen LogP contribution in [-0.2, 0) is 4.79 Å². The summed E-state index contributed by atoms with van der Waals surface area (Å²) in [6.07, 6.45) is 1.11. The van der Waals surface area contributed by atoms with Crippen molar-refractivity contribution < 1.29 is 19.4 Å². The predicted molar refractivity (Wildman–Crippen MR) is 65.3 cm³/mol. The smallest absolute Gasteiger partial charge is 0.183 e. The zero-order chi connectivity index (χ0) is 13.0. The second-order valence-electron chi connectivity index (χ2n) is 3.67. The monoisotopic (exact) mass is 258 g/mol. The summed E-state index contributed by atoms with van der Waals surface area (Å²) in [6, 6.07) is 1.63. The van der Waals surface area contributed by atoms with Crippen LogP contribution in [0, 0.1) is 0 Å². The van der Waals surface area contributed by atoms with Gasteiger partial charge < -0.3 is 19.4 Å². The summed E-state index contributed by atoms with van der Waals surface area (Å²) in [5, 5.41) is 10.0. The van der Waals surface area contributed by atoms with Gasteiger partial charge in [-0.2, -0.15) is 0 Å². The summed E-state index contributed by atoms with van der Waals surface area (Å²) < 4.78 is 10.2. The molecule has 1 atom stereocenters. The molecule has 0 bridgehead atoms. The fraction of sp³-hybridized carbons (Fsp3) is 0.417. The number of aromatic hydroxyl groups is 1. The Morgan fingerprint density at radius 3 is 2.59 bits per heavy atom. The fourth-order valence-corrected chi connectivity index (χ4v) is 1.89. The summed E-state index contributed by atoms with van der Waals surface area (Å²) in [6.45, 7) is 1.83. The summed E-state index contributed by atoms with van der Waals surface area (Å²) >= 11 is 5.98. The van der Waals surface area contributed by atoms with Crippen molar-refractivity contribution in [3.05, 3.63) is 16.7 Å². The number of benzene rings is 1. The van der Waals surface area contributed by atoms with Gasteiger partial charge in [0.1, 0.15) is 17.1 Å². The zero-order valence-corrected chi connectivity index (χ0v) is 10.7. The van der Waals surface area contributed by atoms with E-state index in [4.69, 9.17) is 21.1 Å². The first-order valence-electron chi connectivity index (χ1n) is 5.13. The van der Waals surface area contributed by atoms with Crippen LogP contribution in [0.25, 0.3) is 0 Å². The maximum atomic E-state index is 10.5. The number of carbonyl (C=O) groups excluding carboxylic acids is 1. The number of aldehydes is 1. The first-order chi connectivity index (χ1) is 8.06. The number of hydrogen-bond donors (Lipinski definition) is 1. The summed E-state index contributed by atoms with van der Waals surface area (Å²) in [5.74, 6) is 0.514. The third-order valence-electron chi connectivity index (χ3n) is 2.60. The minimum Gasteiger partial charge on any atom is -0.506 e. The van der Waals surface area contributed by atoms with E-state index in [0.717, 1.165) is 6.29 Å². The van der Waals surface area contributed by atoms with Crippen LogP contribution in [0.15, 0.2) is 6.07 Å². The van der Waals surface area contributed by atoms with Crippen LogP contribution >= 0.6 is 11.6 Å². The van der Waals surface area contributed by atoms with Crippen LogP contribution in [0.3, 0.4) is 0 Å². The Balaban J connectivity index is 3.33. The van der Waals surface area contributed by atoms with Gasteiger partial charge in [-0.3, -0.25) is 0 Å². The van der Waals surface area contributed by atoms with Gasteiger partial charge in [0.2, 0.25) is 0 Å². The van der Waals surface area contributed by atoms with Crippen LogP contribution in [0.2, 0.25) is 5.02 Å². The van der Waals surface area contributed by atoms with Crippen LogP contribution < -0.4 is 9.47 Å². The Hall–Kier alpha value is -1.42. The number of ether oxygens (including phenoxy) is 2. The molecule has 1 unspecified atom stereocenters. The Morgan fingerprint density at radius 1 is 1.47 bits per heavy atom. The van der Waals surface area contributed by atoms with Crippen molar-refractivity contribution in [3.8, 4) is 17.2 Å². The van der Waals surface area contributed by atoms with Gasteiger partial charge in [-0.1, -0.05) is 18.5 Å². The summed E-state index contributed by atoms with van der Waals surface area (Å²) in [4.78, 5) is 10.5. The van der Waals surface area contributed by atoms with Crippen molar-refractivity contribution in [3.63, 3.8) is 0 Å². The number of methoxy groups -OCH3 is 2. The molecule has 94 valence electrons. The molecule has 5 heteroatoms. The van der Waals surface area contributed by atoms with Gasteiger partial charge in [0, 0.05) is 12.0 Å². The molecule has 0 heterocycles. The normalized spacial score (nSPS) is 12.0. The third-order valence-corrected chi connectivity index (χ3v) is 2.95. The molecule has 0 aliphatic carbocycles. The average molecular weight is 259 g/mol. The minimum absolute atomic E-state index is 0.0707. The summed E-state index contributed by atoms with van der Waals surface area (Å²) in [5.41, 5.74) is 0.569. The Labute approximate surface area is 105 Å². The van der Waals surface area contributed by atoms with Gasteiger partial charge in [0.05, 0.1) is 14.2 Å². The second kappa shape index (κ2) is 5.77. The molecule has 0 spiro atoms. The Bertz CT molecular complexity index is 417. The number of phenols is 1. The van der Waals surface area contributed by atoms with Crippen LogP contribution in [0.5, 0.6) is 17.2 Å². The molecule has 1 aromatic rings. The van der Waals surface area contributed by atoms with Gasteiger partial charge in [0.15, 0.2) is 11.5 Å². The average Bonchev–Trinajstić information content (AvgIpc) is 2.32. The second-order valence-corrected chi connectivity index (χ2v) is 4.05. The van der Waals surface area contributed by atoms with Crippen molar-refractivity contribution in [2.24, 2.45) is 0 Å². The van der Waals surface area contributed by atoms with Crippen molar-refractivity contribution in [2.45, 2.75) is 19.3 Å². The van der Waals surface area contributed by atoms with E-state index >= 15 is 0 Å². The van der Waals surface area contributed by atoms with E-state index in [1.807, 2.05) is 6.92 Å². The number of carbonyl (C=O) groups is 1. The zero-order valence-electron chi connectivity index (χ0n) is 9.99. The van der Waals surface area contributed by atoms with Gasteiger partial charge in [-0.15, -0.1) is 0 Å². The van der Waals surface area contributed by atoms with E-state index in [0.29, 0.717) is 17.7 Å². The van der Waals surface area contributed by atoms with Gasteiger partial charge in [-0.25, -0.2) is 0 Å². The quantitative estimate of drug-likeness (QED) is 0.825. The maximum absolute atomic E-state index is 10.5. The lowest BCUT2D eigenvalue weighted by atomic mass is 9.97. The molecule has 1 N–H and O–H groups in total. The molecule has 0 saturated carbocycles. The van der Waals surface area contributed by atoms with Crippen LogP contribution in [-0.4, -0.2) is 25.6 Å². The lowest BCUT2D eigenvalue weighted by molar-refractivity contribution is -0.108. The SMILES string of the molecule is COc1cc(C(C)CC=O)c(O)c(Cl)c1OC. The third kappa shape index (κ3) is 2.64. The van der Waals surface area contributed by atoms with Crippen LogP contribution in [0.4, 0.5) is 0 Å². The van der Waals surface area contributed by atoms with E-state index in [9.17, 15) is 9.90 Å². The molecule has 17 heavy (non-hydrogen) atoms. The first kappa shape index (κ1) is 13.6. The largest absolute Gasteiger partial charge is 0.506 e. The van der Waals surface area contributed by atoms with Crippen molar-refractivity contribution in [1.82, 2.24) is 0 Å². The van der Waals surface area contributed by atoms with E-state index < -0.39 is 0 Å². The Morgan fingerprint density at radius 2 is 2.12 bits per heavy atom. The molecular formula is C12H15ClO4. The maximum Gasteiger partial charge on any atom is 0.183 e. The van der Waals surface area contributed by atoms with E-state index in [1.165, 1.54) is 14.2 Å². The van der Waals surface area contributed by atoms with Crippen LogP contribution in [0.1, 0.15) is 24.8 Å². The highest BCUT2D eigenvalue weighted by Gasteiger charge is 2.20. The van der Waals surface area contributed by atoms with E-state index in [1.54, 1.807) is 6.07 Å². The van der Waals surface area contributed by atoms with Gasteiger partial charge in [-0.05, 0) is 12.0 Å². The Kier molecular flexibility index (Phi) is 4.63. The minimum atomic E-state index is -0.134.